The Morgan fingerprint density at radius 3 is 2.55 bits per heavy atom. The van der Waals surface area contributed by atoms with Crippen LogP contribution in [0.2, 0.25) is 0 Å². The topological polar surface area (TPSA) is 120 Å². The summed E-state index contributed by atoms with van der Waals surface area (Å²) in [6.07, 6.45) is 0. The van der Waals surface area contributed by atoms with Crippen LogP contribution >= 0.6 is 0 Å². The van der Waals surface area contributed by atoms with Crippen LogP contribution in [0.15, 0.2) is 18.2 Å². The van der Waals surface area contributed by atoms with Crippen LogP contribution in [-0.2, 0) is 9.53 Å². The number of phenols is 2. The normalized spacial score (nSPS) is 13.0. The highest BCUT2D eigenvalue weighted by molar-refractivity contribution is 5.94. The van der Waals surface area contributed by atoms with Crippen LogP contribution in [0, 0.1) is 17.2 Å². The molecule has 0 aliphatic heterocycles. The molecule has 118 valence electrons. The molecule has 22 heavy (non-hydrogen) atoms. The van der Waals surface area contributed by atoms with E-state index in [0.717, 1.165) is 6.07 Å². The molecule has 0 unspecified atom stereocenters. The highest BCUT2D eigenvalue weighted by atomic mass is 16.5. The smallest absolute Gasteiger partial charge is 0.342 e. The van der Waals surface area contributed by atoms with E-state index in [2.05, 4.69) is 5.32 Å². The summed E-state index contributed by atoms with van der Waals surface area (Å²) >= 11 is 0. The summed E-state index contributed by atoms with van der Waals surface area (Å²) in [6.45, 7) is 4.56. The van der Waals surface area contributed by atoms with Crippen LogP contribution in [0.1, 0.15) is 31.1 Å². The molecule has 0 fully saturated rings. The van der Waals surface area contributed by atoms with Crippen molar-refractivity contribution in [2.45, 2.75) is 26.3 Å². The number of phenolic OH excluding ortho intramolecular Hbond substituents is 2. The van der Waals surface area contributed by atoms with Crippen molar-refractivity contribution in [1.82, 2.24) is 5.32 Å². The van der Waals surface area contributed by atoms with Crippen LogP contribution in [0.3, 0.4) is 0 Å². The van der Waals surface area contributed by atoms with Crippen molar-refractivity contribution in [3.63, 3.8) is 0 Å². The maximum absolute atomic E-state index is 11.8. The average Bonchev–Trinajstić information content (AvgIpc) is 2.44. The summed E-state index contributed by atoms with van der Waals surface area (Å²) in [4.78, 5) is 23.5. The zero-order valence-electron chi connectivity index (χ0n) is 12.6. The monoisotopic (exact) mass is 306 g/mol. The van der Waals surface area contributed by atoms with Gasteiger partial charge in [0.05, 0.1) is 6.07 Å². The van der Waals surface area contributed by atoms with Gasteiger partial charge in [0.15, 0.2) is 6.61 Å². The molecule has 1 atom stereocenters. The van der Waals surface area contributed by atoms with Crippen molar-refractivity contribution in [2.75, 3.05) is 6.61 Å². The summed E-state index contributed by atoms with van der Waals surface area (Å²) in [7, 11) is 0. The Morgan fingerprint density at radius 1 is 1.41 bits per heavy atom. The molecular formula is C15H18N2O5. The fraction of sp³-hybridized carbons (Fsp3) is 0.400. The molecule has 0 aromatic heterocycles. The fourth-order valence-electron chi connectivity index (χ4n) is 1.53. The summed E-state index contributed by atoms with van der Waals surface area (Å²) in [5.41, 5.74) is -1.23. The predicted molar refractivity (Wildman–Crippen MR) is 77.1 cm³/mol. The SMILES string of the molecule is CC(C)[C@](C)(C#N)NC(=O)COC(=O)c1ccc(O)cc1O. The van der Waals surface area contributed by atoms with E-state index < -0.39 is 29.8 Å². The lowest BCUT2D eigenvalue weighted by Gasteiger charge is -2.27. The number of aromatic hydroxyl groups is 2. The van der Waals surface area contributed by atoms with Gasteiger partial charge in [-0.2, -0.15) is 5.26 Å². The van der Waals surface area contributed by atoms with E-state index in [-0.39, 0.29) is 17.2 Å². The summed E-state index contributed by atoms with van der Waals surface area (Å²) in [5, 5.41) is 30.2. The summed E-state index contributed by atoms with van der Waals surface area (Å²) in [6, 6.07) is 5.38. The molecule has 0 spiro atoms. The number of ether oxygens (including phenoxy) is 1. The molecule has 1 aromatic rings. The quantitative estimate of drug-likeness (QED) is 0.705. The van der Waals surface area contributed by atoms with Crippen molar-refractivity contribution in [2.24, 2.45) is 5.92 Å². The third-order valence-electron chi connectivity index (χ3n) is 3.32. The van der Waals surface area contributed by atoms with Crippen molar-refractivity contribution in [1.29, 1.82) is 5.26 Å². The number of nitrogens with zero attached hydrogens (tertiary/aromatic N) is 1. The van der Waals surface area contributed by atoms with Crippen LogP contribution in [0.5, 0.6) is 11.5 Å². The second-order valence-corrected chi connectivity index (χ2v) is 5.29. The van der Waals surface area contributed by atoms with Crippen molar-refractivity contribution >= 4 is 11.9 Å². The van der Waals surface area contributed by atoms with Crippen LogP contribution in [0.4, 0.5) is 0 Å². The van der Waals surface area contributed by atoms with Gasteiger partial charge in [0, 0.05) is 6.07 Å². The molecule has 1 rings (SSSR count). The number of carbonyl (C=O) groups excluding carboxylic acids is 2. The van der Waals surface area contributed by atoms with E-state index >= 15 is 0 Å². The van der Waals surface area contributed by atoms with Gasteiger partial charge < -0.3 is 20.3 Å². The molecule has 0 aliphatic rings. The minimum Gasteiger partial charge on any atom is -0.508 e. The molecule has 7 heteroatoms. The van der Waals surface area contributed by atoms with Gasteiger partial charge in [0.25, 0.3) is 5.91 Å². The van der Waals surface area contributed by atoms with Crippen LogP contribution in [0.25, 0.3) is 0 Å². The zero-order valence-corrected chi connectivity index (χ0v) is 12.6. The van der Waals surface area contributed by atoms with Crippen LogP contribution in [-0.4, -0.2) is 34.2 Å². The Kier molecular flexibility index (Phi) is 5.35. The largest absolute Gasteiger partial charge is 0.508 e. The van der Waals surface area contributed by atoms with Gasteiger partial charge in [0.2, 0.25) is 0 Å². The number of esters is 1. The number of amides is 1. The Hall–Kier alpha value is -2.75. The maximum atomic E-state index is 11.8. The number of nitrogens with one attached hydrogen (secondary N) is 1. The second-order valence-electron chi connectivity index (χ2n) is 5.29. The standard InChI is InChI=1S/C15H18N2O5/c1-9(2)15(3,8-16)17-13(20)7-22-14(21)11-5-4-10(18)6-12(11)19/h4-6,9,18-19H,7H2,1-3H3,(H,17,20)/t15-/m0/s1. The Bertz CT molecular complexity index is 621. The molecule has 7 nitrogen and oxygen atoms in total. The number of rotatable bonds is 5. The fourth-order valence-corrected chi connectivity index (χ4v) is 1.53. The van der Waals surface area contributed by atoms with E-state index in [0.29, 0.717) is 0 Å². The predicted octanol–water partition coefficient (Wildman–Crippen LogP) is 1.31. The first-order valence-electron chi connectivity index (χ1n) is 6.61. The number of carbonyl (C=O) groups is 2. The molecule has 1 aromatic carbocycles. The minimum absolute atomic E-state index is 0.127. The highest BCUT2D eigenvalue weighted by Gasteiger charge is 2.30. The van der Waals surface area contributed by atoms with Gasteiger partial charge in [-0.1, -0.05) is 13.8 Å². The third-order valence-corrected chi connectivity index (χ3v) is 3.32. The minimum atomic E-state index is -1.07. The third kappa shape index (κ3) is 4.12. The summed E-state index contributed by atoms with van der Waals surface area (Å²) < 4.78 is 4.78. The molecule has 0 aliphatic carbocycles. The molecule has 0 radical (unpaired) electrons. The lowest BCUT2D eigenvalue weighted by molar-refractivity contribution is -0.125. The molecule has 0 heterocycles. The lowest BCUT2D eigenvalue weighted by Crippen LogP contribution is -2.50. The first-order valence-corrected chi connectivity index (χ1v) is 6.61. The summed E-state index contributed by atoms with van der Waals surface area (Å²) in [5.74, 6) is -2.30. The number of hydrogen-bond acceptors (Lipinski definition) is 6. The van der Waals surface area contributed by atoms with Gasteiger partial charge in [-0.15, -0.1) is 0 Å². The second kappa shape index (κ2) is 6.80. The van der Waals surface area contributed by atoms with Gasteiger partial charge in [0.1, 0.15) is 22.6 Å². The number of benzene rings is 1. The molecule has 0 saturated heterocycles. The Labute approximate surface area is 128 Å². The van der Waals surface area contributed by atoms with Crippen LogP contribution < -0.4 is 5.32 Å². The van der Waals surface area contributed by atoms with E-state index in [1.54, 1.807) is 20.8 Å². The van der Waals surface area contributed by atoms with Gasteiger partial charge >= 0.3 is 5.97 Å². The molecule has 0 saturated carbocycles. The Morgan fingerprint density at radius 2 is 2.05 bits per heavy atom. The van der Waals surface area contributed by atoms with Crippen molar-refractivity contribution < 1.29 is 24.5 Å². The van der Waals surface area contributed by atoms with E-state index in [9.17, 15) is 14.7 Å². The van der Waals surface area contributed by atoms with E-state index in [1.807, 2.05) is 6.07 Å². The first-order chi connectivity index (χ1) is 10.2. The Balaban J connectivity index is 2.65. The molecular weight excluding hydrogens is 288 g/mol. The van der Waals surface area contributed by atoms with Crippen molar-refractivity contribution in [3.8, 4) is 17.6 Å². The first kappa shape index (κ1) is 17.3. The van der Waals surface area contributed by atoms with Gasteiger partial charge in [-0.3, -0.25) is 4.79 Å². The van der Waals surface area contributed by atoms with Crippen molar-refractivity contribution in [3.05, 3.63) is 23.8 Å². The zero-order chi connectivity index (χ0) is 16.9. The highest BCUT2D eigenvalue weighted by Crippen LogP contribution is 2.23. The average molecular weight is 306 g/mol. The van der Waals surface area contributed by atoms with E-state index in [4.69, 9.17) is 15.1 Å². The lowest BCUT2D eigenvalue weighted by atomic mass is 9.90. The van der Waals surface area contributed by atoms with Gasteiger partial charge in [-0.25, -0.2) is 4.79 Å². The van der Waals surface area contributed by atoms with Gasteiger partial charge in [-0.05, 0) is 25.0 Å². The molecule has 0 bridgehead atoms. The number of nitriles is 1. The molecule has 3 N–H and O–H groups in total. The van der Waals surface area contributed by atoms with E-state index in [1.165, 1.54) is 12.1 Å². The maximum Gasteiger partial charge on any atom is 0.342 e. The molecule has 1 amide bonds. The number of hydrogen-bond donors (Lipinski definition) is 3.